The van der Waals surface area contributed by atoms with Gasteiger partial charge in [0.25, 0.3) is 5.91 Å². The lowest BCUT2D eigenvalue weighted by Crippen LogP contribution is -2.43. The van der Waals surface area contributed by atoms with Crippen LogP contribution in [0, 0.1) is 0 Å². The lowest BCUT2D eigenvalue weighted by atomic mass is 9.90. The first-order chi connectivity index (χ1) is 12.1. The molecule has 0 saturated carbocycles. The van der Waals surface area contributed by atoms with E-state index in [1.807, 2.05) is 49.4 Å². The molecule has 0 saturated heterocycles. The summed E-state index contributed by atoms with van der Waals surface area (Å²) in [6.45, 7) is 2.35. The molecule has 2 aromatic rings. The molecule has 0 heterocycles. The van der Waals surface area contributed by atoms with Crippen molar-refractivity contribution in [3.05, 3.63) is 60.2 Å². The van der Waals surface area contributed by atoms with Crippen molar-refractivity contribution in [1.82, 2.24) is 5.32 Å². The molecule has 2 rings (SSSR count). The van der Waals surface area contributed by atoms with Crippen molar-refractivity contribution in [1.29, 1.82) is 0 Å². The molecule has 0 radical (unpaired) electrons. The van der Waals surface area contributed by atoms with Gasteiger partial charge in [-0.3, -0.25) is 4.79 Å². The summed E-state index contributed by atoms with van der Waals surface area (Å²) >= 11 is 0. The number of hydrogen-bond donors (Lipinski definition) is 1. The van der Waals surface area contributed by atoms with Crippen LogP contribution in [0.3, 0.4) is 0 Å². The third-order valence-electron chi connectivity index (χ3n) is 4.24. The normalized spacial score (nSPS) is 12.9. The number of nitrogens with one attached hydrogen (secondary N) is 1. The second-order valence-electron chi connectivity index (χ2n) is 5.66. The maximum atomic E-state index is 12.2. The van der Waals surface area contributed by atoms with Gasteiger partial charge >= 0.3 is 0 Å². The maximum Gasteiger partial charge on any atom is 0.258 e. The van der Waals surface area contributed by atoms with Crippen LogP contribution in [0.2, 0.25) is 0 Å². The Morgan fingerprint density at radius 2 is 1.76 bits per heavy atom. The molecule has 0 bridgehead atoms. The number of rotatable bonds is 9. The van der Waals surface area contributed by atoms with E-state index in [0.717, 1.165) is 12.0 Å². The molecule has 1 atom stereocenters. The minimum Gasteiger partial charge on any atom is -0.497 e. The van der Waals surface area contributed by atoms with E-state index < -0.39 is 5.60 Å². The smallest absolute Gasteiger partial charge is 0.258 e. The fourth-order valence-corrected chi connectivity index (χ4v) is 2.64. The molecule has 1 amide bonds. The third kappa shape index (κ3) is 4.97. The molecule has 0 spiro atoms. The second kappa shape index (κ2) is 9.08. The topological polar surface area (TPSA) is 56.8 Å². The van der Waals surface area contributed by atoms with E-state index in [2.05, 4.69) is 5.32 Å². The highest BCUT2D eigenvalue weighted by atomic mass is 16.5. The molecule has 134 valence electrons. The lowest BCUT2D eigenvalue weighted by molar-refractivity contribution is -0.125. The highest BCUT2D eigenvalue weighted by Crippen LogP contribution is 2.28. The third-order valence-corrected chi connectivity index (χ3v) is 4.24. The molecule has 0 aliphatic rings. The van der Waals surface area contributed by atoms with E-state index in [9.17, 15) is 4.79 Å². The molecule has 5 nitrogen and oxygen atoms in total. The van der Waals surface area contributed by atoms with Crippen molar-refractivity contribution in [2.75, 3.05) is 27.4 Å². The Balaban J connectivity index is 1.93. The highest BCUT2D eigenvalue weighted by Gasteiger charge is 2.30. The van der Waals surface area contributed by atoms with Gasteiger partial charge in [0, 0.05) is 13.2 Å². The Morgan fingerprint density at radius 1 is 1.04 bits per heavy atom. The van der Waals surface area contributed by atoms with E-state index in [1.54, 1.807) is 26.4 Å². The summed E-state index contributed by atoms with van der Waals surface area (Å²) in [5.74, 6) is 1.08. The predicted octanol–water partition coefficient (Wildman–Crippen LogP) is 3.14. The Morgan fingerprint density at radius 3 is 2.40 bits per heavy atom. The maximum absolute atomic E-state index is 12.2. The summed E-state index contributed by atoms with van der Waals surface area (Å²) in [6.07, 6.45) is 0.741. The van der Waals surface area contributed by atoms with Crippen molar-refractivity contribution in [2.24, 2.45) is 0 Å². The highest BCUT2D eigenvalue weighted by molar-refractivity contribution is 5.77. The molecular weight excluding hydrogens is 318 g/mol. The summed E-state index contributed by atoms with van der Waals surface area (Å²) < 4.78 is 16.4. The molecular formula is C20H25NO4. The Hall–Kier alpha value is -2.53. The number of carbonyl (C=O) groups excluding carboxylic acids is 1. The number of ether oxygens (including phenoxy) is 3. The Kier molecular flexibility index (Phi) is 6.83. The van der Waals surface area contributed by atoms with Gasteiger partial charge in [-0.15, -0.1) is 0 Å². The fraction of sp³-hybridized carbons (Fsp3) is 0.350. The lowest BCUT2D eigenvalue weighted by Gasteiger charge is -2.32. The van der Waals surface area contributed by atoms with Gasteiger partial charge in [0.1, 0.15) is 17.1 Å². The van der Waals surface area contributed by atoms with Crippen LogP contribution in [-0.4, -0.2) is 33.3 Å². The van der Waals surface area contributed by atoms with Gasteiger partial charge in [-0.1, -0.05) is 43.3 Å². The van der Waals surface area contributed by atoms with Gasteiger partial charge in [0.05, 0.1) is 13.7 Å². The Labute approximate surface area is 148 Å². The first kappa shape index (κ1) is 18.8. The van der Waals surface area contributed by atoms with Gasteiger partial charge in [0.15, 0.2) is 6.61 Å². The summed E-state index contributed by atoms with van der Waals surface area (Å²) in [4.78, 5) is 12.2. The first-order valence-electron chi connectivity index (χ1n) is 8.28. The van der Waals surface area contributed by atoms with Crippen molar-refractivity contribution in [2.45, 2.75) is 18.9 Å². The minimum atomic E-state index is -0.549. The van der Waals surface area contributed by atoms with E-state index in [-0.39, 0.29) is 12.5 Å². The molecule has 0 aliphatic heterocycles. The average molecular weight is 343 g/mol. The van der Waals surface area contributed by atoms with Gasteiger partial charge in [-0.05, 0) is 24.1 Å². The molecule has 5 heteroatoms. The number of amides is 1. The van der Waals surface area contributed by atoms with Crippen LogP contribution in [0.4, 0.5) is 0 Å². The standard InChI is InChI=1S/C20H25NO4/c1-4-20(24-3,16-9-6-5-7-10-16)15-21-19(22)14-25-18-12-8-11-17(13-18)23-2/h5-13H,4,14-15H2,1-3H3,(H,21,22). The summed E-state index contributed by atoms with van der Waals surface area (Å²) in [7, 11) is 3.25. The summed E-state index contributed by atoms with van der Waals surface area (Å²) in [5.41, 5.74) is 0.487. The molecule has 0 fully saturated rings. The molecule has 25 heavy (non-hydrogen) atoms. The van der Waals surface area contributed by atoms with Crippen LogP contribution in [-0.2, 0) is 15.1 Å². The van der Waals surface area contributed by atoms with Gasteiger partial charge in [-0.2, -0.15) is 0 Å². The van der Waals surface area contributed by atoms with Crippen LogP contribution in [0.25, 0.3) is 0 Å². The van der Waals surface area contributed by atoms with Crippen molar-refractivity contribution in [3.63, 3.8) is 0 Å². The van der Waals surface area contributed by atoms with Gasteiger partial charge in [-0.25, -0.2) is 0 Å². The zero-order chi connectivity index (χ0) is 18.1. The van der Waals surface area contributed by atoms with Crippen LogP contribution in [0.5, 0.6) is 11.5 Å². The van der Waals surface area contributed by atoms with Crippen molar-refractivity contribution in [3.8, 4) is 11.5 Å². The average Bonchev–Trinajstić information content (AvgIpc) is 2.68. The molecule has 0 aromatic heterocycles. The SMILES string of the molecule is CCC(CNC(=O)COc1cccc(OC)c1)(OC)c1ccccc1. The van der Waals surface area contributed by atoms with Crippen LogP contribution < -0.4 is 14.8 Å². The second-order valence-corrected chi connectivity index (χ2v) is 5.66. The molecule has 1 N–H and O–H groups in total. The zero-order valence-corrected chi connectivity index (χ0v) is 15.0. The molecule has 1 unspecified atom stereocenters. The number of methoxy groups -OCH3 is 2. The quantitative estimate of drug-likeness (QED) is 0.760. The number of benzene rings is 2. The van der Waals surface area contributed by atoms with Gasteiger partial charge < -0.3 is 19.5 Å². The molecule has 0 aliphatic carbocycles. The zero-order valence-electron chi connectivity index (χ0n) is 15.0. The van der Waals surface area contributed by atoms with Crippen molar-refractivity contribution < 1.29 is 19.0 Å². The summed E-state index contributed by atoms with van der Waals surface area (Å²) in [5, 5.41) is 2.90. The number of carbonyl (C=O) groups is 1. The van der Waals surface area contributed by atoms with E-state index in [4.69, 9.17) is 14.2 Å². The van der Waals surface area contributed by atoms with E-state index >= 15 is 0 Å². The van der Waals surface area contributed by atoms with Gasteiger partial charge in [0.2, 0.25) is 0 Å². The minimum absolute atomic E-state index is 0.0640. The van der Waals surface area contributed by atoms with Crippen LogP contribution in [0.15, 0.2) is 54.6 Å². The van der Waals surface area contributed by atoms with E-state index in [1.165, 1.54) is 0 Å². The Bertz CT molecular complexity index is 668. The largest absolute Gasteiger partial charge is 0.497 e. The monoisotopic (exact) mass is 343 g/mol. The number of hydrogen-bond acceptors (Lipinski definition) is 4. The van der Waals surface area contributed by atoms with Crippen LogP contribution in [0.1, 0.15) is 18.9 Å². The summed E-state index contributed by atoms with van der Waals surface area (Å²) in [6, 6.07) is 17.1. The fourth-order valence-electron chi connectivity index (χ4n) is 2.64. The molecule has 2 aromatic carbocycles. The first-order valence-corrected chi connectivity index (χ1v) is 8.28. The van der Waals surface area contributed by atoms with Crippen LogP contribution >= 0.6 is 0 Å². The van der Waals surface area contributed by atoms with E-state index in [0.29, 0.717) is 18.0 Å². The predicted molar refractivity (Wildman–Crippen MR) is 96.9 cm³/mol. The van der Waals surface area contributed by atoms with Crippen molar-refractivity contribution >= 4 is 5.91 Å².